The summed E-state index contributed by atoms with van der Waals surface area (Å²) in [5.74, 6) is -0.0730. The molecule has 1 aliphatic carbocycles. The summed E-state index contributed by atoms with van der Waals surface area (Å²) in [6.45, 7) is 3.57. The van der Waals surface area contributed by atoms with Gasteiger partial charge in [0.15, 0.2) is 0 Å². The molecule has 72 valence electrons. The lowest BCUT2D eigenvalue weighted by Crippen LogP contribution is -2.45. The van der Waals surface area contributed by atoms with Crippen LogP contribution in [0.4, 0.5) is 0 Å². The van der Waals surface area contributed by atoms with Crippen LogP contribution in [-0.2, 0) is 0 Å². The highest BCUT2D eigenvalue weighted by atomic mass is 16.6. The molecule has 0 saturated carbocycles. The van der Waals surface area contributed by atoms with Crippen LogP contribution in [0.25, 0.3) is 0 Å². The van der Waals surface area contributed by atoms with Crippen LogP contribution >= 0.6 is 0 Å². The van der Waals surface area contributed by atoms with Crippen molar-refractivity contribution in [2.45, 2.75) is 19.4 Å². The maximum Gasteiger partial charge on any atom is 0.269 e. The smallest absolute Gasteiger partial charge is 0.269 e. The maximum atomic E-state index is 10.5. The normalized spacial score (nSPS) is 33.6. The van der Waals surface area contributed by atoms with Crippen molar-refractivity contribution >= 4 is 0 Å². The Kier molecular flexibility index (Phi) is 2.13. The minimum atomic E-state index is -0.735. The average Bonchev–Trinajstić information content (AvgIpc) is 1.99. The Morgan fingerprint density at radius 3 is 2.62 bits per heavy atom. The van der Waals surface area contributed by atoms with Gasteiger partial charge in [-0.15, -0.1) is 0 Å². The lowest BCUT2D eigenvalue weighted by molar-refractivity contribution is -0.420. The first-order valence-corrected chi connectivity index (χ1v) is 3.98. The molecule has 0 radical (unpaired) electrons. The second kappa shape index (κ2) is 2.85. The van der Waals surface area contributed by atoms with Crippen LogP contribution < -0.4 is 11.5 Å². The minimum Gasteiger partial charge on any atom is -0.402 e. The molecule has 0 aromatic carbocycles. The number of hydrogen-bond acceptors (Lipinski definition) is 4. The Morgan fingerprint density at radius 1 is 1.69 bits per heavy atom. The van der Waals surface area contributed by atoms with Gasteiger partial charge in [-0.25, -0.2) is 0 Å². The molecule has 4 N–H and O–H groups in total. The first-order valence-electron chi connectivity index (χ1n) is 3.98. The van der Waals surface area contributed by atoms with Crippen LogP contribution in [0, 0.1) is 16.0 Å². The highest BCUT2D eigenvalue weighted by Gasteiger charge is 2.33. The molecule has 0 spiro atoms. The van der Waals surface area contributed by atoms with Gasteiger partial charge in [0.2, 0.25) is 0 Å². The molecule has 2 unspecified atom stereocenters. The number of nitrogens with two attached hydrogens (primary N) is 2. The molecule has 2 atom stereocenters. The summed E-state index contributed by atoms with van der Waals surface area (Å²) in [5.41, 5.74) is 11.2. The van der Waals surface area contributed by atoms with E-state index in [1.165, 1.54) is 12.2 Å². The van der Waals surface area contributed by atoms with E-state index in [4.69, 9.17) is 11.5 Å². The van der Waals surface area contributed by atoms with Gasteiger partial charge in [0.1, 0.15) is 0 Å². The summed E-state index contributed by atoms with van der Waals surface area (Å²) in [4.78, 5) is 9.99. The van der Waals surface area contributed by atoms with E-state index in [2.05, 4.69) is 0 Å². The third kappa shape index (κ3) is 1.70. The van der Waals surface area contributed by atoms with Crippen LogP contribution in [0.1, 0.15) is 13.8 Å². The zero-order valence-corrected chi connectivity index (χ0v) is 7.65. The third-order valence-corrected chi connectivity index (χ3v) is 2.42. The lowest BCUT2D eigenvalue weighted by atomic mass is 9.81. The van der Waals surface area contributed by atoms with Crippen molar-refractivity contribution in [3.05, 3.63) is 33.7 Å². The Morgan fingerprint density at radius 2 is 2.23 bits per heavy atom. The Bertz CT molecular complexity index is 305. The van der Waals surface area contributed by atoms with Crippen molar-refractivity contribution in [1.82, 2.24) is 0 Å². The Labute approximate surface area is 76.2 Å². The van der Waals surface area contributed by atoms with Gasteiger partial charge in [-0.05, 0) is 6.92 Å². The van der Waals surface area contributed by atoms with E-state index >= 15 is 0 Å². The van der Waals surface area contributed by atoms with Gasteiger partial charge in [-0.3, -0.25) is 10.1 Å². The molecule has 1 rings (SSSR count). The molecule has 0 aromatic rings. The predicted octanol–water partition coefficient (Wildman–Crippen LogP) is 0.357. The first kappa shape index (κ1) is 9.73. The number of nitro groups is 1. The van der Waals surface area contributed by atoms with E-state index in [0.29, 0.717) is 5.70 Å². The lowest BCUT2D eigenvalue weighted by Gasteiger charge is -2.30. The summed E-state index contributed by atoms with van der Waals surface area (Å²) >= 11 is 0. The van der Waals surface area contributed by atoms with E-state index in [9.17, 15) is 10.1 Å². The average molecular weight is 183 g/mol. The van der Waals surface area contributed by atoms with Gasteiger partial charge < -0.3 is 11.5 Å². The number of hydrogen-bond donors (Lipinski definition) is 2. The van der Waals surface area contributed by atoms with Crippen molar-refractivity contribution in [1.29, 1.82) is 0 Å². The highest BCUT2D eigenvalue weighted by molar-refractivity contribution is 5.30. The zero-order valence-electron chi connectivity index (χ0n) is 7.65. The molecular formula is C8H13N3O2. The van der Waals surface area contributed by atoms with Gasteiger partial charge in [-0.1, -0.05) is 6.92 Å². The summed E-state index contributed by atoms with van der Waals surface area (Å²) in [6, 6.07) is 0. The SMILES string of the molecule is CC1C(N)=CC([N+](=O)[O-])=CC1(C)N. The van der Waals surface area contributed by atoms with E-state index in [1.54, 1.807) is 6.92 Å². The van der Waals surface area contributed by atoms with Gasteiger partial charge >= 0.3 is 0 Å². The molecular weight excluding hydrogens is 170 g/mol. The van der Waals surface area contributed by atoms with Crippen molar-refractivity contribution in [3.63, 3.8) is 0 Å². The molecule has 0 amide bonds. The fourth-order valence-electron chi connectivity index (χ4n) is 1.25. The predicted molar refractivity (Wildman–Crippen MR) is 49.1 cm³/mol. The molecule has 13 heavy (non-hydrogen) atoms. The molecule has 0 saturated heterocycles. The molecule has 0 bridgehead atoms. The van der Waals surface area contributed by atoms with Crippen LogP contribution in [0.3, 0.4) is 0 Å². The van der Waals surface area contributed by atoms with Crippen LogP contribution in [0.15, 0.2) is 23.5 Å². The number of rotatable bonds is 1. The standard InChI is InChI=1S/C8H13N3O2/c1-5-7(9)3-6(11(12)13)4-8(5,2)10/h3-5H,9-10H2,1-2H3. The van der Waals surface area contributed by atoms with Gasteiger partial charge in [0, 0.05) is 29.3 Å². The summed E-state index contributed by atoms with van der Waals surface area (Å²) in [7, 11) is 0. The zero-order chi connectivity index (χ0) is 10.2. The van der Waals surface area contributed by atoms with Crippen molar-refractivity contribution in [3.8, 4) is 0 Å². The Balaban J connectivity index is 3.11. The minimum absolute atomic E-state index is 0.0272. The molecule has 1 aliphatic rings. The molecule has 0 fully saturated rings. The monoisotopic (exact) mass is 183 g/mol. The molecule has 0 heterocycles. The molecule has 5 heteroatoms. The van der Waals surface area contributed by atoms with Gasteiger partial charge in [0.05, 0.1) is 4.92 Å². The fourth-order valence-corrected chi connectivity index (χ4v) is 1.25. The molecule has 5 nitrogen and oxygen atoms in total. The van der Waals surface area contributed by atoms with Crippen molar-refractivity contribution in [2.75, 3.05) is 0 Å². The van der Waals surface area contributed by atoms with Crippen molar-refractivity contribution in [2.24, 2.45) is 17.4 Å². The largest absolute Gasteiger partial charge is 0.402 e. The number of allylic oxidation sites excluding steroid dienone is 1. The second-order valence-electron chi connectivity index (χ2n) is 3.56. The summed E-state index contributed by atoms with van der Waals surface area (Å²) in [6.07, 6.45) is 2.80. The van der Waals surface area contributed by atoms with Crippen molar-refractivity contribution < 1.29 is 4.92 Å². The van der Waals surface area contributed by atoms with E-state index in [-0.39, 0.29) is 11.6 Å². The molecule has 0 aromatic heterocycles. The van der Waals surface area contributed by atoms with E-state index in [1.807, 2.05) is 6.92 Å². The van der Waals surface area contributed by atoms with E-state index in [0.717, 1.165) is 0 Å². The molecule has 0 aliphatic heterocycles. The van der Waals surface area contributed by atoms with E-state index < -0.39 is 10.5 Å². The maximum absolute atomic E-state index is 10.5. The summed E-state index contributed by atoms with van der Waals surface area (Å²) in [5, 5.41) is 10.5. The second-order valence-corrected chi connectivity index (χ2v) is 3.56. The van der Waals surface area contributed by atoms with Crippen LogP contribution in [0.2, 0.25) is 0 Å². The fraction of sp³-hybridized carbons (Fsp3) is 0.500. The third-order valence-electron chi connectivity index (χ3n) is 2.42. The Hall–Kier alpha value is -1.36. The van der Waals surface area contributed by atoms with Gasteiger partial charge in [0.25, 0.3) is 5.70 Å². The highest BCUT2D eigenvalue weighted by Crippen LogP contribution is 2.27. The van der Waals surface area contributed by atoms with Gasteiger partial charge in [-0.2, -0.15) is 0 Å². The topological polar surface area (TPSA) is 95.2 Å². The van der Waals surface area contributed by atoms with Crippen LogP contribution in [-0.4, -0.2) is 10.5 Å². The quantitative estimate of drug-likeness (QED) is 0.453. The van der Waals surface area contributed by atoms with Crippen LogP contribution in [0.5, 0.6) is 0 Å². The number of nitrogens with zero attached hydrogens (tertiary/aromatic N) is 1. The summed E-state index contributed by atoms with van der Waals surface area (Å²) < 4.78 is 0. The first-order chi connectivity index (χ1) is 5.84.